The number of nitrogens with zero attached hydrogens (tertiary/aromatic N) is 4. The first-order chi connectivity index (χ1) is 12.8. The molecule has 0 aliphatic rings. The minimum absolute atomic E-state index is 0.00531. The molecule has 0 spiro atoms. The number of nitrogens with one attached hydrogen (secondary N) is 1. The predicted octanol–water partition coefficient (Wildman–Crippen LogP) is 1.51. The molecule has 3 rings (SSSR count). The quantitative estimate of drug-likeness (QED) is 0.491. The number of hydrogen-bond acceptors (Lipinski definition) is 8. The number of anilines is 1. The molecule has 0 radical (unpaired) electrons. The van der Waals surface area contributed by atoms with Crippen LogP contribution >= 0.6 is 11.6 Å². The highest BCUT2D eigenvalue weighted by atomic mass is 35.5. The molecule has 0 amide bonds. The molecule has 0 saturated carbocycles. The molecule has 0 aliphatic carbocycles. The number of aromatic nitrogens is 4. The van der Waals surface area contributed by atoms with E-state index in [1.807, 2.05) is 4.72 Å². The van der Waals surface area contributed by atoms with Gasteiger partial charge in [0.2, 0.25) is 0 Å². The number of carbonyl (C=O) groups excluding carboxylic acids is 1. The lowest BCUT2D eigenvalue weighted by atomic mass is 10.2. The largest absolute Gasteiger partial charge is 0.467 e. The van der Waals surface area contributed by atoms with Crippen LogP contribution in [0.25, 0.3) is 5.65 Å². The number of esters is 1. The Labute approximate surface area is 156 Å². The van der Waals surface area contributed by atoms with Crippen molar-refractivity contribution in [3.8, 4) is 6.01 Å². The predicted molar refractivity (Wildman–Crippen MR) is 90.9 cm³/mol. The highest BCUT2D eigenvalue weighted by Crippen LogP contribution is 2.24. The first-order valence-corrected chi connectivity index (χ1v) is 9.00. The van der Waals surface area contributed by atoms with Gasteiger partial charge in [-0.2, -0.15) is 22.9 Å². The molecule has 3 aromatic rings. The van der Waals surface area contributed by atoms with Crippen LogP contribution in [-0.4, -0.2) is 48.2 Å². The number of sulfonamides is 1. The molecule has 0 bridgehead atoms. The summed E-state index contributed by atoms with van der Waals surface area (Å²) in [6.45, 7) is 0. The molecular weight excluding hydrogens is 405 g/mol. The number of rotatable bonds is 5. The van der Waals surface area contributed by atoms with Gasteiger partial charge in [-0.3, -0.25) is 4.72 Å². The van der Waals surface area contributed by atoms with E-state index in [0.29, 0.717) is 0 Å². The zero-order valence-corrected chi connectivity index (χ0v) is 15.4. The fraction of sp³-hybridized carbons (Fsp3) is 0.143. The molecule has 10 nitrogen and oxygen atoms in total. The number of methoxy groups -OCH3 is 2. The highest BCUT2D eigenvalue weighted by Gasteiger charge is 2.26. The van der Waals surface area contributed by atoms with Crippen molar-refractivity contribution in [2.24, 2.45) is 0 Å². The third-order valence-electron chi connectivity index (χ3n) is 3.32. The number of para-hydroxylation sites is 1. The second kappa shape index (κ2) is 6.96. The summed E-state index contributed by atoms with van der Waals surface area (Å²) in [4.78, 5) is 19.4. The standard InChI is InChI=1S/C14H11ClFN5O5S/c1-25-12(22)7-4-3-5-8(16)11(7)20-27(23,24)13-18-10-6-9(15)17-14(26-2)21(10)19-13/h3-6,20H,1-2H3. The van der Waals surface area contributed by atoms with E-state index >= 15 is 0 Å². The Balaban J connectivity index is 2.09. The smallest absolute Gasteiger partial charge is 0.340 e. The van der Waals surface area contributed by atoms with Crippen LogP contribution in [0.4, 0.5) is 10.1 Å². The summed E-state index contributed by atoms with van der Waals surface area (Å²) in [7, 11) is -2.10. The van der Waals surface area contributed by atoms with E-state index < -0.39 is 32.7 Å². The summed E-state index contributed by atoms with van der Waals surface area (Å²) in [5, 5.41) is 3.09. The Bertz CT molecular complexity index is 1150. The van der Waals surface area contributed by atoms with Crippen molar-refractivity contribution in [3.05, 3.63) is 40.8 Å². The number of ether oxygens (including phenoxy) is 2. The van der Waals surface area contributed by atoms with Gasteiger partial charge in [0, 0.05) is 6.07 Å². The van der Waals surface area contributed by atoms with Crippen LogP contribution in [-0.2, 0) is 14.8 Å². The molecule has 0 saturated heterocycles. The van der Waals surface area contributed by atoms with E-state index in [1.165, 1.54) is 25.3 Å². The molecule has 2 aromatic heterocycles. The minimum Gasteiger partial charge on any atom is -0.467 e. The SMILES string of the molecule is COC(=O)c1cccc(F)c1NS(=O)(=O)c1nc2cc(Cl)nc(OC)n2n1. The van der Waals surface area contributed by atoms with Crippen LogP contribution in [0.3, 0.4) is 0 Å². The van der Waals surface area contributed by atoms with E-state index in [0.717, 1.165) is 17.7 Å². The van der Waals surface area contributed by atoms with E-state index in [9.17, 15) is 17.6 Å². The number of fused-ring (bicyclic) bond motifs is 1. The van der Waals surface area contributed by atoms with Gasteiger partial charge in [0.25, 0.3) is 15.2 Å². The van der Waals surface area contributed by atoms with Crippen molar-refractivity contribution in [1.29, 1.82) is 0 Å². The van der Waals surface area contributed by atoms with Gasteiger partial charge in [-0.25, -0.2) is 9.18 Å². The molecule has 0 atom stereocenters. The molecule has 2 heterocycles. The Kier molecular flexibility index (Phi) is 4.85. The first kappa shape index (κ1) is 18.8. The molecule has 27 heavy (non-hydrogen) atoms. The molecule has 1 aromatic carbocycles. The number of hydrogen-bond donors (Lipinski definition) is 1. The van der Waals surface area contributed by atoms with Gasteiger partial charge in [0.1, 0.15) is 11.0 Å². The monoisotopic (exact) mass is 415 g/mol. The maximum Gasteiger partial charge on any atom is 0.340 e. The van der Waals surface area contributed by atoms with Crippen LogP contribution in [0.15, 0.2) is 29.4 Å². The Morgan fingerprint density at radius 2 is 2.04 bits per heavy atom. The van der Waals surface area contributed by atoms with Gasteiger partial charge in [0.05, 0.1) is 25.5 Å². The molecule has 0 aliphatic heterocycles. The van der Waals surface area contributed by atoms with Crippen molar-refractivity contribution in [3.63, 3.8) is 0 Å². The third-order valence-corrected chi connectivity index (χ3v) is 4.64. The van der Waals surface area contributed by atoms with Crippen molar-refractivity contribution < 1.29 is 27.1 Å². The van der Waals surface area contributed by atoms with Crippen molar-refractivity contribution in [1.82, 2.24) is 19.6 Å². The normalized spacial score (nSPS) is 11.4. The second-order valence-corrected chi connectivity index (χ2v) is 6.95. The number of benzene rings is 1. The van der Waals surface area contributed by atoms with Crippen molar-refractivity contribution >= 4 is 38.9 Å². The summed E-state index contributed by atoms with van der Waals surface area (Å²) < 4.78 is 51.8. The molecule has 142 valence electrons. The van der Waals surface area contributed by atoms with Crippen molar-refractivity contribution in [2.45, 2.75) is 5.16 Å². The average molecular weight is 416 g/mol. The fourth-order valence-corrected chi connectivity index (χ4v) is 3.29. The number of carbonyl (C=O) groups is 1. The lowest BCUT2D eigenvalue weighted by Gasteiger charge is -2.10. The maximum atomic E-state index is 14.1. The summed E-state index contributed by atoms with van der Waals surface area (Å²) in [5.41, 5.74) is -0.868. The summed E-state index contributed by atoms with van der Waals surface area (Å²) in [6, 6.07) is 4.58. The van der Waals surface area contributed by atoms with Gasteiger partial charge >= 0.3 is 12.0 Å². The number of halogens is 2. The van der Waals surface area contributed by atoms with Gasteiger partial charge < -0.3 is 9.47 Å². The maximum absolute atomic E-state index is 14.1. The second-order valence-electron chi connectivity index (χ2n) is 4.99. The van der Waals surface area contributed by atoms with E-state index in [1.54, 1.807) is 0 Å². The van der Waals surface area contributed by atoms with Gasteiger partial charge in [-0.15, -0.1) is 5.10 Å². The summed E-state index contributed by atoms with van der Waals surface area (Å²) >= 11 is 5.81. The fourth-order valence-electron chi connectivity index (χ4n) is 2.15. The minimum atomic E-state index is -4.47. The lowest BCUT2D eigenvalue weighted by molar-refractivity contribution is 0.0601. The van der Waals surface area contributed by atoms with Crippen LogP contribution in [0.1, 0.15) is 10.4 Å². The Morgan fingerprint density at radius 3 is 2.70 bits per heavy atom. The molecule has 0 unspecified atom stereocenters. The zero-order chi connectivity index (χ0) is 19.8. The summed E-state index contributed by atoms with van der Waals surface area (Å²) in [6.07, 6.45) is 0. The molecule has 13 heteroatoms. The zero-order valence-electron chi connectivity index (χ0n) is 13.8. The topological polar surface area (TPSA) is 125 Å². The van der Waals surface area contributed by atoms with E-state index in [4.69, 9.17) is 16.3 Å². The Morgan fingerprint density at radius 1 is 1.30 bits per heavy atom. The van der Waals surface area contributed by atoms with Crippen LogP contribution in [0, 0.1) is 5.82 Å². The lowest BCUT2D eigenvalue weighted by Crippen LogP contribution is -2.18. The molecular formula is C14H11ClFN5O5S. The van der Waals surface area contributed by atoms with Crippen LogP contribution in [0.2, 0.25) is 5.15 Å². The van der Waals surface area contributed by atoms with Gasteiger partial charge in [-0.1, -0.05) is 17.7 Å². The Hall–Kier alpha value is -2.99. The molecule has 1 N–H and O–H groups in total. The van der Waals surface area contributed by atoms with Crippen LogP contribution in [0.5, 0.6) is 6.01 Å². The van der Waals surface area contributed by atoms with Gasteiger partial charge in [0.15, 0.2) is 5.65 Å². The average Bonchev–Trinajstić information content (AvgIpc) is 3.06. The first-order valence-electron chi connectivity index (χ1n) is 7.14. The third kappa shape index (κ3) is 3.48. The molecule has 0 fully saturated rings. The highest BCUT2D eigenvalue weighted by molar-refractivity contribution is 7.92. The van der Waals surface area contributed by atoms with Crippen LogP contribution < -0.4 is 9.46 Å². The van der Waals surface area contributed by atoms with E-state index in [-0.39, 0.29) is 22.4 Å². The van der Waals surface area contributed by atoms with Crippen molar-refractivity contribution in [2.75, 3.05) is 18.9 Å². The summed E-state index contributed by atoms with van der Waals surface area (Å²) in [5.74, 6) is -1.90. The van der Waals surface area contributed by atoms with Gasteiger partial charge in [-0.05, 0) is 12.1 Å². The van der Waals surface area contributed by atoms with E-state index in [2.05, 4.69) is 19.8 Å².